The van der Waals surface area contributed by atoms with E-state index in [-0.39, 0.29) is 55.8 Å². The van der Waals surface area contributed by atoms with Crippen LogP contribution in [0.3, 0.4) is 0 Å². The Hall–Kier alpha value is -5.78. The number of aliphatic hydroxyl groups is 1. The van der Waals surface area contributed by atoms with Crippen molar-refractivity contribution in [2.45, 2.75) is 228 Å². The van der Waals surface area contributed by atoms with Gasteiger partial charge in [0, 0.05) is 49.3 Å². The molecule has 87 heavy (non-hydrogen) atoms. The minimum atomic E-state index is -1.62. The van der Waals surface area contributed by atoms with Gasteiger partial charge in [-0.25, -0.2) is 0 Å². The van der Waals surface area contributed by atoms with Crippen LogP contribution in [0.2, 0.25) is 0 Å². The topological polar surface area (TPSA) is 279 Å². The summed E-state index contributed by atoms with van der Waals surface area (Å²) in [4.78, 5) is 170. The predicted molar refractivity (Wildman–Crippen MR) is 341 cm³/mol. The third-order valence-corrected chi connectivity index (χ3v) is 17.4. The second-order valence-electron chi connectivity index (χ2n) is 26.4. The van der Waals surface area contributed by atoms with E-state index >= 15 is 9.59 Å². The van der Waals surface area contributed by atoms with Crippen molar-refractivity contribution < 1.29 is 57.8 Å². The first-order valence-electron chi connectivity index (χ1n) is 31.1. The average Bonchev–Trinajstić information content (AvgIpc) is 1.23. The van der Waals surface area contributed by atoms with Gasteiger partial charge in [0.1, 0.15) is 60.4 Å². The standard InChI is InChI=1S/C63H113N11O12S/c1-26-28-29-40(15)51(75)50-55(79)66-43(27-2)57(81)74(24)63(87-25)62(86)69(19)45(31-35(5)6)54(78)67-48(38(11)12)60(84)68(18)44(30-34(3)4)53(77)64-41(16)52(76)65-42(17)56(80)70(20)46(32-36(7)8)58(82)71(21)47(33-37(9)10)59(83)72(22)49(39(13)14)61(85)73(50)23/h26,28,34-51,63,75H,27,29-33H2,1-25H3,(H,64,77)(H,65,76)(H,66,79)(H,67,78)/b28-26+/t40-,41-,42+,43-,44?,45+,46-,47-,48-,49+,50?,51-,63?/m1/s1. The number of allylic oxidation sites excluding steroid dienone is 2. The molecular formula is C63H113N11O12S. The summed E-state index contributed by atoms with van der Waals surface area (Å²) in [6.07, 6.45) is 4.61. The highest BCUT2D eigenvalue weighted by atomic mass is 32.2. The molecule has 0 aliphatic carbocycles. The first-order chi connectivity index (χ1) is 40.2. The Kier molecular flexibility index (Phi) is 32.8. The molecule has 498 valence electrons. The molecule has 1 heterocycles. The van der Waals surface area contributed by atoms with Crippen molar-refractivity contribution in [2.24, 2.45) is 41.4 Å². The average molecular weight is 1250 g/mol. The van der Waals surface area contributed by atoms with Crippen LogP contribution in [0.4, 0.5) is 0 Å². The van der Waals surface area contributed by atoms with E-state index in [4.69, 9.17) is 0 Å². The molecule has 11 amide bonds. The highest BCUT2D eigenvalue weighted by molar-refractivity contribution is 7.99. The Morgan fingerprint density at radius 1 is 0.448 bits per heavy atom. The van der Waals surface area contributed by atoms with Crippen LogP contribution in [0.5, 0.6) is 0 Å². The Balaban J connectivity index is 4.41. The van der Waals surface area contributed by atoms with Crippen LogP contribution >= 0.6 is 11.8 Å². The van der Waals surface area contributed by atoms with Crippen LogP contribution in [0, 0.1) is 41.4 Å². The number of hydrogen-bond donors (Lipinski definition) is 5. The van der Waals surface area contributed by atoms with Gasteiger partial charge in [0.25, 0.3) is 5.91 Å². The molecule has 23 nitrogen and oxygen atoms in total. The fourth-order valence-electron chi connectivity index (χ4n) is 11.0. The fraction of sp³-hybridized carbons (Fsp3) is 0.794. The number of nitrogens with one attached hydrogen (secondary N) is 4. The molecule has 0 aromatic rings. The predicted octanol–water partition coefficient (Wildman–Crippen LogP) is 3.96. The van der Waals surface area contributed by atoms with E-state index in [1.54, 1.807) is 60.8 Å². The monoisotopic (exact) mass is 1250 g/mol. The summed E-state index contributed by atoms with van der Waals surface area (Å²) in [5.41, 5.74) is 0. The third-order valence-electron chi connectivity index (χ3n) is 16.4. The van der Waals surface area contributed by atoms with Gasteiger partial charge in [0.15, 0.2) is 5.37 Å². The Bertz CT molecular complexity index is 2390. The van der Waals surface area contributed by atoms with Gasteiger partial charge >= 0.3 is 0 Å². The summed E-state index contributed by atoms with van der Waals surface area (Å²) in [6.45, 7) is 29.9. The number of carbonyl (C=O) groups is 11. The van der Waals surface area contributed by atoms with E-state index in [0.717, 1.165) is 16.7 Å². The number of hydrogen-bond acceptors (Lipinski definition) is 13. The van der Waals surface area contributed by atoms with Gasteiger partial charge in [-0.3, -0.25) is 52.7 Å². The molecule has 0 bridgehead atoms. The molecule has 24 heteroatoms. The molecule has 1 aliphatic heterocycles. The summed E-state index contributed by atoms with van der Waals surface area (Å²) in [7, 11) is 9.97. The maximum Gasteiger partial charge on any atom is 0.256 e. The molecular weight excluding hydrogens is 1130 g/mol. The van der Waals surface area contributed by atoms with Crippen LogP contribution in [0.25, 0.3) is 0 Å². The Morgan fingerprint density at radius 2 is 0.851 bits per heavy atom. The molecule has 0 spiro atoms. The second-order valence-corrected chi connectivity index (χ2v) is 27.3. The van der Waals surface area contributed by atoms with Gasteiger partial charge in [-0.05, 0) is 107 Å². The van der Waals surface area contributed by atoms with Gasteiger partial charge in [0.05, 0.1) is 6.10 Å². The van der Waals surface area contributed by atoms with Crippen LogP contribution in [0.1, 0.15) is 156 Å². The molecule has 0 radical (unpaired) electrons. The van der Waals surface area contributed by atoms with Gasteiger partial charge in [-0.1, -0.05) is 109 Å². The smallest absolute Gasteiger partial charge is 0.256 e. The molecule has 0 aromatic carbocycles. The zero-order valence-electron chi connectivity index (χ0n) is 57.3. The van der Waals surface area contributed by atoms with Crippen LogP contribution in [-0.2, 0) is 52.7 Å². The number of thioether (sulfide) groups is 1. The van der Waals surface area contributed by atoms with Crippen LogP contribution in [0.15, 0.2) is 12.2 Å². The number of nitrogens with zero attached hydrogens (tertiary/aromatic N) is 7. The highest BCUT2D eigenvalue weighted by Crippen LogP contribution is 2.27. The lowest BCUT2D eigenvalue weighted by Crippen LogP contribution is -2.64. The molecule has 1 rings (SSSR count). The number of rotatable bonds is 16. The summed E-state index contributed by atoms with van der Waals surface area (Å²) in [5.74, 6) is -9.78. The maximum absolute atomic E-state index is 15.2. The Labute approximate surface area is 525 Å². The lowest BCUT2D eigenvalue weighted by Gasteiger charge is -2.41. The molecule has 13 atom stereocenters. The van der Waals surface area contributed by atoms with Gasteiger partial charge in [-0.2, -0.15) is 0 Å². The minimum absolute atomic E-state index is 0.0101. The maximum atomic E-state index is 15.2. The fourth-order valence-corrected chi connectivity index (χ4v) is 11.8. The first-order valence-corrected chi connectivity index (χ1v) is 32.4. The van der Waals surface area contributed by atoms with E-state index in [2.05, 4.69) is 21.3 Å². The zero-order valence-corrected chi connectivity index (χ0v) is 58.2. The van der Waals surface area contributed by atoms with Crippen molar-refractivity contribution in [2.75, 3.05) is 55.6 Å². The molecule has 0 aromatic heterocycles. The largest absolute Gasteiger partial charge is 0.390 e. The van der Waals surface area contributed by atoms with E-state index in [1.807, 2.05) is 61.5 Å². The van der Waals surface area contributed by atoms with E-state index < -0.39 is 155 Å². The molecule has 1 aliphatic rings. The lowest BCUT2D eigenvalue weighted by atomic mass is 9.91. The van der Waals surface area contributed by atoms with E-state index in [9.17, 15) is 48.3 Å². The van der Waals surface area contributed by atoms with Crippen molar-refractivity contribution in [3.8, 4) is 0 Å². The normalized spacial score (nSPS) is 27.4. The SMILES string of the molecule is C/C=C/C[C@@H](C)[C@@H](O)C1C(=O)N[C@H](CC)C(=O)N(C)C(SC)C(=O)N(C)[C@@H](CC(C)C)C(=O)N[C@H](C(C)C)C(=O)N(C)C(CC(C)C)C(=O)N[C@H](C)C(=O)N[C@@H](C)C(=O)N(C)[C@H](CC(C)C)C(=O)N(C)[C@H](CC(C)C)C(=O)N(C)[C@@H](C(C)C)C(=O)N1C. The number of aliphatic hydroxyl groups excluding tert-OH is 1. The van der Waals surface area contributed by atoms with Gasteiger partial charge in [0.2, 0.25) is 59.1 Å². The molecule has 5 N–H and O–H groups in total. The van der Waals surface area contributed by atoms with Crippen molar-refractivity contribution in [3.63, 3.8) is 0 Å². The summed E-state index contributed by atoms with van der Waals surface area (Å²) in [6, 6.07) is -12.4. The van der Waals surface area contributed by atoms with Crippen molar-refractivity contribution in [3.05, 3.63) is 12.2 Å². The van der Waals surface area contributed by atoms with Crippen molar-refractivity contribution >= 4 is 76.7 Å². The third kappa shape index (κ3) is 21.8. The molecule has 1 saturated heterocycles. The van der Waals surface area contributed by atoms with Gasteiger partial charge in [-0.15, -0.1) is 11.8 Å². The number of amides is 11. The molecule has 0 saturated carbocycles. The zero-order chi connectivity index (χ0) is 67.6. The van der Waals surface area contributed by atoms with Crippen molar-refractivity contribution in [1.29, 1.82) is 0 Å². The molecule has 1 fully saturated rings. The summed E-state index contributed by atoms with van der Waals surface area (Å²) in [5, 5.41) is 22.0. The second kappa shape index (κ2) is 36.0. The Morgan fingerprint density at radius 3 is 1.28 bits per heavy atom. The number of carbonyl (C=O) groups excluding carboxylic acids is 11. The summed E-state index contributed by atoms with van der Waals surface area (Å²) >= 11 is 1.02. The van der Waals surface area contributed by atoms with E-state index in [0.29, 0.717) is 6.42 Å². The quantitative estimate of drug-likeness (QED) is 0.137. The van der Waals surface area contributed by atoms with Crippen LogP contribution in [-0.4, -0.2) is 232 Å². The number of likely N-dealkylation sites (N-methyl/N-ethyl adjacent to an activating group) is 7. The van der Waals surface area contributed by atoms with E-state index in [1.165, 1.54) is 92.6 Å². The van der Waals surface area contributed by atoms with Crippen LogP contribution < -0.4 is 21.3 Å². The molecule has 3 unspecified atom stereocenters. The van der Waals surface area contributed by atoms with Gasteiger partial charge < -0.3 is 60.7 Å². The minimum Gasteiger partial charge on any atom is -0.390 e. The highest BCUT2D eigenvalue weighted by Gasteiger charge is 2.46. The van der Waals surface area contributed by atoms with Crippen molar-refractivity contribution in [1.82, 2.24) is 55.6 Å². The summed E-state index contributed by atoms with van der Waals surface area (Å²) < 4.78 is 0. The lowest BCUT2D eigenvalue weighted by molar-refractivity contribution is -0.157. The first kappa shape index (κ1) is 79.2.